The van der Waals surface area contributed by atoms with Crippen LogP contribution in [-0.2, 0) is 6.54 Å². The lowest BCUT2D eigenvalue weighted by molar-refractivity contribution is 0.898. The fraction of sp³-hybridized carbons (Fsp3) is 0.455. The molecule has 0 radical (unpaired) electrons. The van der Waals surface area contributed by atoms with Crippen molar-refractivity contribution < 1.29 is 0 Å². The summed E-state index contributed by atoms with van der Waals surface area (Å²) in [5.74, 6) is 1.24. The predicted molar refractivity (Wildman–Crippen MR) is 68.2 cm³/mol. The van der Waals surface area contributed by atoms with E-state index in [1.165, 1.54) is 24.2 Å². The molecule has 14 heavy (non-hydrogen) atoms. The van der Waals surface area contributed by atoms with Crippen molar-refractivity contribution in [1.29, 1.82) is 0 Å². The fourth-order valence-corrected chi connectivity index (χ4v) is 2.82. The molecule has 1 N–H and O–H groups in total. The first-order valence-electron chi connectivity index (χ1n) is 4.98. The van der Waals surface area contributed by atoms with Crippen molar-refractivity contribution in [1.82, 2.24) is 4.72 Å². The van der Waals surface area contributed by atoms with E-state index in [4.69, 9.17) is 0 Å². The molecule has 0 aromatic heterocycles. The molecule has 0 spiro atoms. The molecule has 0 saturated heterocycles. The summed E-state index contributed by atoms with van der Waals surface area (Å²) in [6, 6.07) is 10.5. The van der Waals surface area contributed by atoms with E-state index in [9.17, 15) is 0 Å². The monoisotopic (exact) mass is 227 g/mol. The lowest BCUT2D eigenvalue weighted by Gasteiger charge is -2.02. The first kappa shape index (κ1) is 12.0. The van der Waals surface area contributed by atoms with Gasteiger partial charge in [-0.1, -0.05) is 54.5 Å². The van der Waals surface area contributed by atoms with Crippen LogP contribution in [0.4, 0.5) is 0 Å². The summed E-state index contributed by atoms with van der Waals surface area (Å²) in [4.78, 5) is 0. The molecule has 0 aliphatic heterocycles. The molecule has 0 aliphatic rings. The van der Waals surface area contributed by atoms with E-state index < -0.39 is 0 Å². The average Bonchev–Trinajstić information content (AvgIpc) is 2.25. The van der Waals surface area contributed by atoms with Crippen molar-refractivity contribution in [2.75, 3.05) is 5.75 Å². The van der Waals surface area contributed by atoms with Crippen molar-refractivity contribution >= 4 is 21.8 Å². The van der Waals surface area contributed by atoms with Gasteiger partial charge in [0.2, 0.25) is 0 Å². The van der Waals surface area contributed by atoms with Gasteiger partial charge in [0, 0.05) is 12.3 Å². The van der Waals surface area contributed by atoms with Crippen LogP contribution in [0.5, 0.6) is 0 Å². The number of hydrogen-bond acceptors (Lipinski definition) is 3. The van der Waals surface area contributed by atoms with Gasteiger partial charge in [0.1, 0.15) is 0 Å². The Morgan fingerprint density at radius 2 is 2.00 bits per heavy atom. The highest BCUT2D eigenvalue weighted by Gasteiger charge is 1.91. The van der Waals surface area contributed by atoms with Crippen molar-refractivity contribution in [3.05, 3.63) is 35.9 Å². The highest BCUT2D eigenvalue weighted by Crippen LogP contribution is 2.19. The molecule has 0 bridgehead atoms. The Balaban J connectivity index is 1.99. The van der Waals surface area contributed by atoms with Crippen LogP contribution in [-0.4, -0.2) is 5.75 Å². The van der Waals surface area contributed by atoms with Crippen LogP contribution >= 0.6 is 21.8 Å². The van der Waals surface area contributed by atoms with Crippen molar-refractivity contribution in [3.8, 4) is 0 Å². The molecule has 0 atom stereocenters. The first-order chi connectivity index (χ1) is 6.93. The SMILES string of the molecule is CCCCSSNCc1ccccc1. The molecular weight excluding hydrogens is 210 g/mol. The Hall–Kier alpha value is -0.120. The average molecular weight is 227 g/mol. The second kappa shape index (κ2) is 8.21. The second-order valence-electron chi connectivity index (χ2n) is 3.07. The molecular formula is C11H17NS2. The lowest BCUT2D eigenvalue weighted by Crippen LogP contribution is -2.00. The van der Waals surface area contributed by atoms with Gasteiger partial charge in [-0.25, -0.2) is 0 Å². The number of benzene rings is 1. The Morgan fingerprint density at radius 3 is 2.71 bits per heavy atom. The summed E-state index contributed by atoms with van der Waals surface area (Å²) < 4.78 is 3.34. The summed E-state index contributed by atoms with van der Waals surface area (Å²) in [7, 11) is 3.66. The number of hydrogen-bond donors (Lipinski definition) is 1. The lowest BCUT2D eigenvalue weighted by atomic mass is 10.2. The van der Waals surface area contributed by atoms with Gasteiger partial charge in [0.25, 0.3) is 0 Å². The molecule has 1 aromatic carbocycles. The van der Waals surface area contributed by atoms with Crippen LogP contribution in [0.3, 0.4) is 0 Å². The summed E-state index contributed by atoms with van der Waals surface area (Å²) in [6.07, 6.45) is 2.59. The molecule has 0 saturated carbocycles. The van der Waals surface area contributed by atoms with Crippen LogP contribution in [0.25, 0.3) is 0 Å². The maximum Gasteiger partial charge on any atom is 0.0317 e. The van der Waals surface area contributed by atoms with Crippen LogP contribution in [0, 0.1) is 0 Å². The topological polar surface area (TPSA) is 12.0 Å². The zero-order valence-electron chi connectivity index (χ0n) is 8.53. The molecule has 1 nitrogen and oxygen atoms in total. The highest BCUT2D eigenvalue weighted by molar-refractivity contribution is 8.76. The van der Waals surface area contributed by atoms with Crippen LogP contribution in [0.15, 0.2) is 30.3 Å². The van der Waals surface area contributed by atoms with E-state index >= 15 is 0 Å². The minimum Gasteiger partial charge on any atom is -0.250 e. The van der Waals surface area contributed by atoms with E-state index in [2.05, 4.69) is 35.9 Å². The van der Waals surface area contributed by atoms with Gasteiger partial charge in [-0.05, 0) is 23.0 Å². The summed E-state index contributed by atoms with van der Waals surface area (Å²) in [5, 5.41) is 0. The largest absolute Gasteiger partial charge is 0.250 e. The van der Waals surface area contributed by atoms with E-state index in [-0.39, 0.29) is 0 Å². The molecule has 0 amide bonds. The van der Waals surface area contributed by atoms with Gasteiger partial charge in [-0.15, -0.1) is 0 Å². The molecule has 1 aromatic rings. The molecule has 0 aliphatic carbocycles. The number of nitrogens with one attached hydrogen (secondary N) is 1. The number of rotatable bonds is 7. The van der Waals surface area contributed by atoms with Gasteiger partial charge in [-0.2, -0.15) is 0 Å². The third-order valence-electron chi connectivity index (χ3n) is 1.82. The third kappa shape index (κ3) is 5.58. The molecule has 78 valence electrons. The van der Waals surface area contributed by atoms with E-state index in [1.807, 2.05) is 16.9 Å². The Bertz CT molecular complexity index is 226. The molecule has 3 heteroatoms. The highest BCUT2D eigenvalue weighted by atomic mass is 33.1. The minimum absolute atomic E-state index is 0.949. The van der Waals surface area contributed by atoms with E-state index in [0.717, 1.165) is 6.54 Å². The zero-order chi connectivity index (χ0) is 10.1. The second-order valence-corrected chi connectivity index (χ2v) is 5.37. The summed E-state index contributed by atoms with van der Waals surface area (Å²) in [5.41, 5.74) is 1.34. The normalized spacial score (nSPS) is 10.4. The minimum atomic E-state index is 0.949. The standard InChI is InChI=1S/C11H17NS2/c1-2-3-9-13-14-12-10-11-7-5-4-6-8-11/h4-8,12H,2-3,9-10H2,1H3. The van der Waals surface area contributed by atoms with Crippen LogP contribution < -0.4 is 4.72 Å². The fourth-order valence-electron chi connectivity index (χ4n) is 0.995. The van der Waals surface area contributed by atoms with E-state index in [0.29, 0.717) is 0 Å². The maximum absolute atomic E-state index is 3.34. The van der Waals surface area contributed by atoms with Gasteiger partial charge in [-0.3, -0.25) is 4.72 Å². The molecule has 1 rings (SSSR count). The van der Waals surface area contributed by atoms with Crippen molar-refractivity contribution in [3.63, 3.8) is 0 Å². The Kier molecular flexibility index (Phi) is 7.01. The van der Waals surface area contributed by atoms with Gasteiger partial charge >= 0.3 is 0 Å². The summed E-state index contributed by atoms with van der Waals surface area (Å²) >= 11 is 0. The molecule has 0 unspecified atom stereocenters. The van der Waals surface area contributed by atoms with Gasteiger partial charge in [0.05, 0.1) is 0 Å². The van der Waals surface area contributed by atoms with Crippen LogP contribution in [0.1, 0.15) is 25.3 Å². The van der Waals surface area contributed by atoms with Gasteiger partial charge < -0.3 is 0 Å². The first-order valence-corrected chi connectivity index (χ1v) is 7.30. The molecule has 0 heterocycles. The molecule has 0 fully saturated rings. The number of unbranched alkanes of at least 4 members (excludes halogenated alkanes) is 1. The quantitative estimate of drug-likeness (QED) is 0.431. The Morgan fingerprint density at radius 1 is 1.21 bits per heavy atom. The Labute approximate surface area is 94.6 Å². The van der Waals surface area contributed by atoms with Crippen molar-refractivity contribution in [2.45, 2.75) is 26.3 Å². The predicted octanol–water partition coefficient (Wildman–Crippen LogP) is 3.87. The maximum atomic E-state index is 3.34. The zero-order valence-corrected chi connectivity index (χ0v) is 10.2. The third-order valence-corrected chi connectivity index (χ3v) is 3.86. The van der Waals surface area contributed by atoms with E-state index in [1.54, 1.807) is 11.0 Å². The van der Waals surface area contributed by atoms with Crippen molar-refractivity contribution in [2.24, 2.45) is 0 Å². The summed E-state index contributed by atoms with van der Waals surface area (Å²) in [6.45, 7) is 3.17. The smallest absolute Gasteiger partial charge is 0.0317 e. The van der Waals surface area contributed by atoms with Gasteiger partial charge in [0.15, 0.2) is 0 Å². The van der Waals surface area contributed by atoms with Crippen LogP contribution in [0.2, 0.25) is 0 Å².